The molecule has 0 bridgehead atoms. The van der Waals surface area contributed by atoms with Crippen molar-refractivity contribution in [2.24, 2.45) is 0 Å². The molecule has 3 aromatic rings. The summed E-state index contributed by atoms with van der Waals surface area (Å²) in [6, 6.07) is 8.26. The number of carboxylic acids is 1. The highest BCUT2D eigenvalue weighted by molar-refractivity contribution is 5.96. The molecule has 94 valence electrons. The standard InChI is InChI=1S/C14H8O5/c15-8-2-3-9-12(6-8)19-11-4-1-7(14(17)18)5-10(11)13(9)16/h1-6,15H,(H,17,18). The first kappa shape index (κ1) is 11.3. The van der Waals surface area contributed by atoms with Crippen molar-refractivity contribution in [1.82, 2.24) is 0 Å². The van der Waals surface area contributed by atoms with Crippen molar-refractivity contribution in [1.29, 1.82) is 0 Å². The van der Waals surface area contributed by atoms with Crippen LogP contribution >= 0.6 is 0 Å². The summed E-state index contributed by atoms with van der Waals surface area (Å²) in [6.45, 7) is 0. The monoisotopic (exact) mass is 256 g/mol. The van der Waals surface area contributed by atoms with Crippen molar-refractivity contribution >= 4 is 27.9 Å². The van der Waals surface area contributed by atoms with E-state index in [0.29, 0.717) is 5.39 Å². The molecule has 0 amide bonds. The Morgan fingerprint density at radius 2 is 1.79 bits per heavy atom. The Morgan fingerprint density at radius 1 is 1.00 bits per heavy atom. The zero-order valence-electron chi connectivity index (χ0n) is 9.58. The first-order valence-electron chi connectivity index (χ1n) is 5.49. The molecule has 0 spiro atoms. The fourth-order valence-corrected chi connectivity index (χ4v) is 1.98. The fraction of sp³-hybridized carbons (Fsp3) is 0. The summed E-state index contributed by atoms with van der Waals surface area (Å²) in [7, 11) is 0. The van der Waals surface area contributed by atoms with Crippen molar-refractivity contribution < 1.29 is 19.4 Å². The van der Waals surface area contributed by atoms with Gasteiger partial charge in [0.25, 0.3) is 0 Å². The maximum absolute atomic E-state index is 12.2. The Kier molecular flexibility index (Phi) is 2.28. The molecule has 1 aromatic heterocycles. The number of aromatic hydroxyl groups is 1. The number of fused-ring (bicyclic) bond motifs is 2. The third kappa shape index (κ3) is 1.72. The second kappa shape index (κ2) is 3.84. The van der Waals surface area contributed by atoms with Crippen LogP contribution < -0.4 is 5.43 Å². The van der Waals surface area contributed by atoms with Gasteiger partial charge in [-0.2, -0.15) is 0 Å². The van der Waals surface area contributed by atoms with Gasteiger partial charge >= 0.3 is 5.97 Å². The Labute approximate surface area is 106 Å². The minimum Gasteiger partial charge on any atom is -0.508 e. The van der Waals surface area contributed by atoms with Gasteiger partial charge < -0.3 is 14.6 Å². The topological polar surface area (TPSA) is 87.7 Å². The Bertz CT molecular complexity index is 876. The number of aromatic carboxylic acids is 1. The van der Waals surface area contributed by atoms with E-state index >= 15 is 0 Å². The van der Waals surface area contributed by atoms with Crippen molar-refractivity contribution in [2.75, 3.05) is 0 Å². The summed E-state index contributed by atoms with van der Waals surface area (Å²) in [4.78, 5) is 23.1. The van der Waals surface area contributed by atoms with Crippen LogP contribution in [0.25, 0.3) is 21.9 Å². The molecule has 5 heteroatoms. The number of rotatable bonds is 1. The van der Waals surface area contributed by atoms with Crippen molar-refractivity contribution in [3.63, 3.8) is 0 Å². The number of phenols is 1. The van der Waals surface area contributed by atoms with E-state index in [1.54, 1.807) is 0 Å². The van der Waals surface area contributed by atoms with Crippen LogP contribution in [-0.2, 0) is 0 Å². The molecular weight excluding hydrogens is 248 g/mol. The second-order valence-corrected chi connectivity index (χ2v) is 4.13. The highest BCUT2D eigenvalue weighted by atomic mass is 16.4. The van der Waals surface area contributed by atoms with Crippen molar-refractivity contribution in [3.05, 3.63) is 52.2 Å². The molecule has 0 radical (unpaired) electrons. The lowest BCUT2D eigenvalue weighted by Gasteiger charge is -2.02. The molecule has 0 saturated carbocycles. The minimum atomic E-state index is -1.10. The Morgan fingerprint density at radius 3 is 2.53 bits per heavy atom. The molecule has 0 fully saturated rings. The highest BCUT2D eigenvalue weighted by Crippen LogP contribution is 2.22. The maximum atomic E-state index is 12.2. The highest BCUT2D eigenvalue weighted by Gasteiger charge is 2.11. The fourth-order valence-electron chi connectivity index (χ4n) is 1.98. The van der Waals surface area contributed by atoms with Gasteiger partial charge in [0.2, 0.25) is 5.43 Å². The average molecular weight is 256 g/mol. The van der Waals surface area contributed by atoms with Gasteiger partial charge in [0.15, 0.2) is 0 Å². The molecule has 2 N–H and O–H groups in total. The molecule has 3 rings (SSSR count). The SMILES string of the molecule is O=C(O)c1ccc2oc3cc(O)ccc3c(=O)c2c1. The summed E-state index contributed by atoms with van der Waals surface area (Å²) < 4.78 is 5.49. The number of carboxylic acid groups (broad SMARTS) is 1. The smallest absolute Gasteiger partial charge is 0.335 e. The molecule has 2 aromatic carbocycles. The third-order valence-electron chi connectivity index (χ3n) is 2.90. The molecule has 0 aliphatic heterocycles. The van der Waals surface area contributed by atoms with Crippen LogP contribution in [0.3, 0.4) is 0 Å². The van der Waals surface area contributed by atoms with Gasteiger partial charge in [0.1, 0.15) is 16.9 Å². The first-order valence-corrected chi connectivity index (χ1v) is 5.49. The van der Waals surface area contributed by atoms with Gasteiger partial charge in [0, 0.05) is 6.07 Å². The first-order chi connectivity index (χ1) is 9.06. The number of benzene rings is 2. The summed E-state index contributed by atoms with van der Waals surface area (Å²) in [5, 5.41) is 18.8. The Balaban J connectivity index is 2.47. The molecule has 0 aliphatic rings. The minimum absolute atomic E-state index is 0.00263. The zero-order chi connectivity index (χ0) is 13.6. The van der Waals surface area contributed by atoms with E-state index in [1.165, 1.54) is 36.4 Å². The Hall–Kier alpha value is -2.82. The lowest BCUT2D eigenvalue weighted by Crippen LogP contribution is -2.04. The van der Waals surface area contributed by atoms with Crippen LogP contribution in [0.15, 0.2) is 45.6 Å². The van der Waals surface area contributed by atoms with Gasteiger partial charge in [-0.3, -0.25) is 4.79 Å². The largest absolute Gasteiger partial charge is 0.508 e. The molecule has 0 atom stereocenters. The lowest BCUT2D eigenvalue weighted by molar-refractivity contribution is 0.0697. The van der Waals surface area contributed by atoms with Crippen molar-refractivity contribution in [3.8, 4) is 5.75 Å². The van der Waals surface area contributed by atoms with Crippen LogP contribution in [0.1, 0.15) is 10.4 Å². The molecule has 5 nitrogen and oxygen atoms in total. The second-order valence-electron chi connectivity index (χ2n) is 4.13. The van der Waals surface area contributed by atoms with E-state index in [1.807, 2.05) is 0 Å². The van der Waals surface area contributed by atoms with Crippen LogP contribution in [0, 0.1) is 0 Å². The number of carbonyl (C=O) groups is 1. The van der Waals surface area contributed by atoms with Gasteiger partial charge in [-0.15, -0.1) is 0 Å². The van der Waals surface area contributed by atoms with E-state index < -0.39 is 5.97 Å². The molecule has 0 aliphatic carbocycles. The number of hydrogen-bond acceptors (Lipinski definition) is 4. The van der Waals surface area contributed by atoms with Gasteiger partial charge in [-0.05, 0) is 30.3 Å². The average Bonchev–Trinajstić information content (AvgIpc) is 2.38. The summed E-state index contributed by atoms with van der Waals surface area (Å²) >= 11 is 0. The van der Waals surface area contributed by atoms with Crippen LogP contribution in [0.5, 0.6) is 5.75 Å². The van der Waals surface area contributed by atoms with E-state index in [9.17, 15) is 14.7 Å². The summed E-state index contributed by atoms with van der Waals surface area (Å²) in [5.74, 6) is -1.11. The lowest BCUT2D eigenvalue weighted by atomic mass is 10.1. The van der Waals surface area contributed by atoms with E-state index in [-0.39, 0.29) is 33.3 Å². The maximum Gasteiger partial charge on any atom is 0.335 e. The van der Waals surface area contributed by atoms with Gasteiger partial charge in [0.05, 0.1) is 16.3 Å². The summed E-state index contributed by atoms with van der Waals surface area (Å²) in [5.41, 5.74) is 0.256. The van der Waals surface area contributed by atoms with E-state index in [0.717, 1.165) is 0 Å². The predicted molar refractivity (Wildman–Crippen MR) is 68.6 cm³/mol. The van der Waals surface area contributed by atoms with E-state index in [2.05, 4.69) is 0 Å². The number of phenolic OH excluding ortho intramolecular Hbond substituents is 1. The molecule has 1 heterocycles. The predicted octanol–water partition coefficient (Wildman–Crippen LogP) is 2.35. The third-order valence-corrected chi connectivity index (χ3v) is 2.90. The van der Waals surface area contributed by atoms with Crippen molar-refractivity contribution in [2.45, 2.75) is 0 Å². The van der Waals surface area contributed by atoms with Crippen LogP contribution in [0.4, 0.5) is 0 Å². The van der Waals surface area contributed by atoms with Gasteiger partial charge in [-0.25, -0.2) is 4.79 Å². The van der Waals surface area contributed by atoms with Crippen LogP contribution in [-0.4, -0.2) is 16.2 Å². The van der Waals surface area contributed by atoms with Crippen LogP contribution in [0.2, 0.25) is 0 Å². The molecular formula is C14H8O5. The molecule has 0 saturated heterocycles. The molecule has 0 unspecified atom stereocenters. The quantitative estimate of drug-likeness (QED) is 0.652. The zero-order valence-corrected chi connectivity index (χ0v) is 9.58. The molecule has 19 heavy (non-hydrogen) atoms. The van der Waals surface area contributed by atoms with E-state index in [4.69, 9.17) is 9.52 Å². The normalized spacial score (nSPS) is 10.9. The van der Waals surface area contributed by atoms with Gasteiger partial charge in [-0.1, -0.05) is 0 Å². The summed E-state index contributed by atoms with van der Waals surface area (Å²) in [6.07, 6.45) is 0. The number of hydrogen-bond donors (Lipinski definition) is 2.